The molecule has 2 aromatic rings. The van der Waals surface area contributed by atoms with Gasteiger partial charge in [0, 0.05) is 30.4 Å². The maximum absolute atomic E-state index is 12.3. The van der Waals surface area contributed by atoms with Crippen LogP contribution in [0.25, 0.3) is 0 Å². The summed E-state index contributed by atoms with van der Waals surface area (Å²) in [6, 6.07) is 5.89. The number of nitrogens with zero attached hydrogens (tertiary/aromatic N) is 2. The van der Waals surface area contributed by atoms with Gasteiger partial charge in [0.1, 0.15) is 0 Å². The van der Waals surface area contributed by atoms with E-state index < -0.39 is 10.0 Å². The SMILES string of the molecule is CC(=O)c1ccc(S(=O)(=O)NCc2c(C)nn(C)c2C)cc1. The number of aromatic nitrogens is 2. The van der Waals surface area contributed by atoms with Crippen molar-refractivity contribution in [2.45, 2.75) is 32.2 Å². The molecule has 0 bridgehead atoms. The number of rotatable bonds is 5. The number of nitrogens with one attached hydrogen (secondary N) is 1. The second-order valence-electron chi connectivity index (χ2n) is 5.18. The fourth-order valence-electron chi connectivity index (χ4n) is 2.19. The van der Waals surface area contributed by atoms with Gasteiger partial charge in [0.2, 0.25) is 10.0 Å². The van der Waals surface area contributed by atoms with E-state index in [9.17, 15) is 13.2 Å². The van der Waals surface area contributed by atoms with Crippen LogP contribution in [0.3, 0.4) is 0 Å². The molecule has 1 heterocycles. The average molecular weight is 321 g/mol. The van der Waals surface area contributed by atoms with Gasteiger partial charge >= 0.3 is 0 Å². The molecule has 0 unspecified atom stereocenters. The number of carbonyl (C=O) groups is 1. The van der Waals surface area contributed by atoms with Crippen LogP contribution in [0.2, 0.25) is 0 Å². The summed E-state index contributed by atoms with van der Waals surface area (Å²) in [5.41, 5.74) is 3.08. The van der Waals surface area contributed by atoms with Crippen LogP contribution in [0.5, 0.6) is 0 Å². The van der Waals surface area contributed by atoms with Gasteiger partial charge in [-0.25, -0.2) is 13.1 Å². The van der Waals surface area contributed by atoms with Crippen molar-refractivity contribution >= 4 is 15.8 Å². The molecule has 7 heteroatoms. The molecule has 118 valence electrons. The fourth-order valence-corrected chi connectivity index (χ4v) is 3.19. The lowest BCUT2D eigenvalue weighted by Gasteiger charge is -2.08. The Morgan fingerprint density at radius 3 is 2.27 bits per heavy atom. The van der Waals surface area contributed by atoms with E-state index in [1.54, 1.807) is 4.68 Å². The first-order valence-electron chi connectivity index (χ1n) is 6.82. The summed E-state index contributed by atoms with van der Waals surface area (Å²) < 4.78 is 28.9. The van der Waals surface area contributed by atoms with Gasteiger partial charge in [0.05, 0.1) is 10.6 Å². The zero-order valence-electron chi connectivity index (χ0n) is 13.0. The number of Topliss-reactive ketones (excluding diaryl/α,β-unsaturated/α-hetero) is 1. The lowest BCUT2D eigenvalue weighted by atomic mass is 10.2. The van der Waals surface area contributed by atoms with Crippen molar-refractivity contribution in [3.8, 4) is 0 Å². The molecule has 22 heavy (non-hydrogen) atoms. The molecule has 0 aliphatic heterocycles. The van der Waals surface area contributed by atoms with Gasteiger partial charge in [0.15, 0.2) is 5.78 Å². The van der Waals surface area contributed by atoms with Gasteiger partial charge in [-0.3, -0.25) is 9.48 Å². The topological polar surface area (TPSA) is 81.1 Å². The molecule has 0 saturated carbocycles. The van der Waals surface area contributed by atoms with Crippen LogP contribution in [0.4, 0.5) is 0 Å². The Balaban J connectivity index is 2.19. The number of carbonyl (C=O) groups excluding carboxylic acids is 1. The minimum atomic E-state index is -3.62. The second-order valence-corrected chi connectivity index (χ2v) is 6.95. The average Bonchev–Trinajstić information content (AvgIpc) is 2.70. The Bertz CT molecular complexity index is 805. The first kappa shape index (κ1) is 16.4. The van der Waals surface area contributed by atoms with Crippen molar-refractivity contribution in [3.05, 3.63) is 46.8 Å². The summed E-state index contributed by atoms with van der Waals surface area (Å²) in [5, 5.41) is 4.26. The molecule has 0 amide bonds. The molecular formula is C15H19N3O3S. The molecule has 1 aromatic carbocycles. The first-order valence-corrected chi connectivity index (χ1v) is 8.30. The Morgan fingerprint density at radius 1 is 1.23 bits per heavy atom. The van der Waals surface area contributed by atoms with Gasteiger partial charge in [-0.15, -0.1) is 0 Å². The quantitative estimate of drug-likeness (QED) is 0.850. The number of aryl methyl sites for hydroxylation is 2. The summed E-state index contributed by atoms with van der Waals surface area (Å²) in [6.07, 6.45) is 0. The van der Waals surface area contributed by atoms with Crippen molar-refractivity contribution in [2.75, 3.05) is 0 Å². The molecule has 0 atom stereocenters. The largest absolute Gasteiger partial charge is 0.295 e. The molecule has 0 radical (unpaired) electrons. The van der Waals surface area contributed by atoms with E-state index in [1.165, 1.54) is 31.2 Å². The van der Waals surface area contributed by atoms with Gasteiger partial charge in [-0.1, -0.05) is 12.1 Å². The summed E-state index contributed by atoms with van der Waals surface area (Å²) in [5.74, 6) is -0.0986. The van der Waals surface area contributed by atoms with E-state index >= 15 is 0 Å². The number of hydrogen-bond acceptors (Lipinski definition) is 4. The predicted octanol–water partition coefficient (Wildman–Crippen LogP) is 1.72. The van der Waals surface area contributed by atoms with Crippen LogP contribution >= 0.6 is 0 Å². The van der Waals surface area contributed by atoms with Crippen molar-refractivity contribution in [1.29, 1.82) is 0 Å². The summed E-state index contributed by atoms with van der Waals surface area (Å²) in [7, 11) is -1.80. The summed E-state index contributed by atoms with van der Waals surface area (Å²) in [6.45, 7) is 5.36. The van der Waals surface area contributed by atoms with Crippen molar-refractivity contribution in [1.82, 2.24) is 14.5 Å². The molecule has 6 nitrogen and oxygen atoms in total. The minimum Gasteiger partial charge on any atom is -0.295 e. The predicted molar refractivity (Wildman–Crippen MR) is 83.2 cm³/mol. The van der Waals surface area contributed by atoms with Crippen LogP contribution in [-0.4, -0.2) is 24.0 Å². The highest BCUT2D eigenvalue weighted by Gasteiger charge is 2.17. The monoisotopic (exact) mass is 321 g/mol. The second kappa shape index (κ2) is 6.02. The summed E-state index contributed by atoms with van der Waals surface area (Å²) >= 11 is 0. The van der Waals surface area contributed by atoms with Gasteiger partial charge in [-0.05, 0) is 32.9 Å². The Kier molecular flexibility index (Phi) is 4.48. The maximum atomic E-state index is 12.3. The van der Waals surface area contributed by atoms with Gasteiger partial charge in [-0.2, -0.15) is 5.10 Å². The van der Waals surface area contributed by atoms with Crippen molar-refractivity contribution in [3.63, 3.8) is 0 Å². The standard InChI is InChI=1S/C15H19N3O3S/c1-10-15(11(2)18(4)17-10)9-16-22(20,21)14-7-5-13(6-8-14)12(3)19/h5-8,16H,9H2,1-4H3. The Morgan fingerprint density at radius 2 is 1.82 bits per heavy atom. The first-order chi connectivity index (χ1) is 10.2. The van der Waals surface area contributed by atoms with Crippen LogP contribution in [-0.2, 0) is 23.6 Å². The Labute approximate surface area is 130 Å². The van der Waals surface area contributed by atoms with Gasteiger partial charge < -0.3 is 0 Å². The highest BCUT2D eigenvalue weighted by molar-refractivity contribution is 7.89. The molecule has 1 N–H and O–H groups in total. The van der Waals surface area contributed by atoms with Crippen LogP contribution < -0.4 is 4.72 Å². The molecule has 2 rings (SSSR count). The highest BCUT2D eigenvalue weighted by atomic mass is 32.2. The minimum absolute atomic E-state index is 0.0986. The maximum Gasteiger partial charge on any atom is 0.240 e. The lowest BCUT2D eigenvalue weighted by Crippen LogP contribution is -2.23. The summed E-state index contributed by atoms with van der Waals surface area (Å²) in [4.78, 5) is 11.4. The normalized spacial score (nSPS) is 11.6. The van der Waals surface area contributed by atoms with E-state index in [4.69, 9.17) is 0 Å². The molecule has 1 aromatic heterocycles. The van der Waals surface area contributed by atoms with E-state index in [-0.39, 0.29) is 17.2 Å². The third-order valence-electron chi connectivity index (χ3n) is 3.67. The van der Waals surface area contributed by atoms with E-state index in [0.29, 0.717) is 5.56 Å². The zero-order chi connectivity index (χ0) is 16.5. The molecule has 0 saturated heterocycles. The molecule has 0 spiro atoms. The molecular weight excluding hydrogens is 302 g/mol. The van der Waals surface area contributed by atoms with Crippen molar-refractivity contribution < 1.29 is 13.2 Å². The zero-order valence-corrected chi connectivity index (χ0v) is 13.9. The molecule has 0 aliphatic carbocycles. The number of sulfonamides is 1. The Hall–Kier alpha value is -1.99. The van der Waals surface area contributed by atoms with Crippen LogP contribution in [0, 0.1) is 13.8 Å². The van der Waals surface area contributed by atoms with Crippen LogP contribution in [0.15, 0.2) is 29.2 Å². The van der Waals surface area contributed by atoms with E-state index in [0.717, 1.165) is 17.0 Å². The third kappa shape index (κ3) is 3.26. The van der Waals surface area contributed by atoms with E-state index in [1.807, 2.05) is 20.9 Å². The number of ketones is 1. The van der Waals surface area contributed by atoms with Gasteiger partial charge in [0.25, 0.3) is 0 Å². The number of hydrogen-bond donors (Lipinski definition) is 1. The molecule has 0 aliphatic rings. The van der Waals surface area contributed by atoms with Crippen molar-refractivity contribution in [2.24, 2.45) is 7.05 Å². The third-order valence-corrected chi connectivity index (χ3v) is 5.09. The van der Waals surface area contributed by atoms with Crippen LogP contribution in [0.1, 0.15) is 34.2 Å². The number of benzene rings is 1. The molecule has 0 fully saturated rings. The highest BCUT2D eigenvalue weighted by Crippen LogP contribution is 2.15. The smallest absolute Gasteiger partial charge is 0.240 e. The fraction of sp³-hybridized carbons (Fsp3) is 0.333. The van der Waals surface area contributed by atoms with E-state index in [2.05, 4.69) is 9.82 Å². The lowest BCUT2D eigenvalue weighted by molar-refractivity contribution is 0.101.